The molecule has 2 aromatic rings. The van der Waals surface area contributed by atoms with Crippen LogP contribution in [0.25, 0.3) is 11.7 Å². The number of aromatic amines is 1. The van der Waals surface area contributed by atoms with E-state index in [4.69, 9.17) is 0 Å². The van der Waals surface area contributed by atoms with E-state index in [1.54, 1.807) is 31.0 Å². The fourth-order valence-electron chi connectivity index (χ4n) is 4.41. The minimum absolute atomic E-state index is 0.0156. The zero-order valence-corrected chi connectivity index (χ0v) is 20.2. The maximum absolute atomic E-state index is 13.1. The number of rotatable bonds is 7. The van der Waals surface area contributed by atoms with Crippen molar-refractivity contribution in [3.05, 3.63) is 33.8 Å². The van der Waals surface area contributed by atoms with Crippen molar-refractivity contribution in [2.45, 2.75) is 65.1 Å². The first-order chi connectivity index (χ1) is 16.0. The van der Waals surface area contributed by atoms with Gasteiger partial charge in [-0.2, -0.15) is 4.57 Å². The number of H-pyrrole nitrogens is 1. The molecule has 0 radical (unpaired) electrons. The molecule has 1 saturated heterocycles. The monoisotopic (exact) mass is 472 g/mol. The van der Waals surface area contributed by atoms with Crippen molar-refractivity contribution >= 4 is 23.5 Å². The predicted octanol–water partition coefficient (Wildman–Crippen LogP) is 0.802. The third kappa shape index (κ3) is 4.72. The van der Waals surface area contributed by atoms with Crippen LogP contribution < -0.4 is 15.4 Å². The number of likely N-dealkylation sites (tertiary alicyclic amines) is 1. The van der Waals surface area contributed by atoms with Gasteiger partial charge in [0.15, 0.2) is 0 Å². The standard InChI is InChI=1S/C24H33N5O5/c1-14(2)12-28-21-15(5-8-18(30)27-10-9-16(13-27)24(3,4)34)11-25-29(21)23(33)19(22(28)32)20(31)26-17-6-7-17/h5,8,11,14,16-17,34H,6-7,9-10,12-13H2,1-4H3,(H2,26,31,32,33)/p+1/b8-5+/t16-/m0/s1. The largest absolute Gasteiger partial charge is 0.477 e. The van der Waals surface area contributed by atoms with Crippen LogP contribution in [0.3, 0.4) is 0 Å². The summed E-state index contributed by atoms with van der Waals surface area (Å²) in [6.45, 7) is 8.86. The van der Waals surface area contributed by atoms with Crippen LogP contribution in [0.4, 0.5) is 0 Å². The molecule has 3 heterocycles. The number of hydrogen-bond acceptors (Lipinski definition) is 5. The summed E-state index contributed by atoms with van der Waals surface area (Å²) in [5, 5.41) is 26.8. The van der Waals surface area contributed by atoms with Gasteiger partial charge in [0.25, 0.3) is 5.91 Å². The van der Waals surface area contributed by atoms with Gasteiger partial charge in [-0.05, 0) is 45.1 Å². The first-order valence-electron chi connectivity index (χ1n) is 11.9. The molecule has 10 nitrogen and oxygen atoms in total. The van der Waals surface area contributed by atoms with Gasteiger partial charge in [0.1, 0.15) is 0 Å². The number of fused-ring (bicyclic) bond motifs is 1. The summed E-state index contributed by atoms with van der Waals surface area (Å²) in [6, 6.07) is 0.0419. The summed E-state index contributed by atoms with van der Waals surface area (Å²) in [4.78, 5) is 40.2. The molecule has 1 atom stereocenters. The van der Waals surface area contributed by atoms with E-state index >= 15 is 0 Å². The number of aromatic hydroxyl groups is 1. The van der Waals surface area contributed by atoms with Gasteiger partial charge in [-0.25, -0.2) is 9.89 Å². The highest BCUT2D eigenvalue weighted by molar-refractivity contribution is 5.96. The Morgan fingerprint density at radius 1 is 1.32 bits per heavy atom. The Morgan fingerprint density at radius 3 is 2.62 bits per heavy atom. The van der Waals surface area contributed by atoms with Crippen molar-refractivity contribution in [2.75, 3.05) is 13.1 Å². The molecule has 0 bridgehead atoms. The van der Waals surface area contributed by atoms with Crippen LogP contribution in [0.15, 0.2) is 17.1 Å². The second kappa shape index (κ2) is 8.90. The fourth-order valence-corrected chi connectivity index (χ4v) is 4.41. The van der Waals surface area contributed by atoms with Gasteiger partial charge in [-0.3, -0.25) is 9.59 Å². The highest BCUT2D eigenvalue weighted by Crippen LogP contribution is 2.27. The topological polar surface area (TPSA) is 131 Å². The molecule has 34 heavy (non-hydrogen) atoms. The van der Waals surface area contributed by atoms with E-state index in [1.165, 1.54) is 15.2 Å². The molecule has 4 N–H and O–H groups in total. The lowest BCUT2D eigenvalue weighted by molar-refractivity contribution is -0.686. The number of aliphatic hydroxyl groups is 1. The van der Waals surface area contributed by atoms with Crippen LogP contribution >= 0.6 is 0 Å². The molecule has 0 spiro atoms. The number of carbonyl (C=O) groups is 2. The highest BCUT2D eigenvalue weighted by Gasteiger charge is 2.36. The van der Waals surface area contributed by atoms with Gasteiger partial charge in [0.2, 0.25) is 11.5 Å². The smallest absolute Gasteiger partial charge is 0.378 e. The van der Waals surface area contributed by atoms with E-state index in [1.807, 2.05) is 13.8 Å². The summed E-state index contributed by atoms with van der Waals surface area (Å²) < 4.78 is 2.77. The van der Waals surface area contributed by atoms with Gasteiger partial charge >= 0.3 is 17.1 Å². The van der Waals surface area contributed by atoms with Crippen molar-refractivity contribution in [1.82, 2.24) is 19.8 Å². The molecule has 2 amide bonds. The Balaban J connectivity index is 1.68. The number of carbonyl (C=O) groups excluding carboxylic acids is 2. The first kappa shape index (κ1) is 24.0. The van der Waals surface area contributed by atoms with Crippen molar-refractivity contribution in [2.24, 2.45) is 11.8 Å². The zero-order valence-electron chi connectivity index (χ0n) is 20.2. The van der Waals surface area contributed by atoms with Crippen molar-refractivity contribution in [1.29, 1.82) is 0 Å². The molecule has 1 aliphatic carbocycles. The molecule has 0 unspecified atom stereocenters. The van der Waals surface area contributed by atoms with Crippen molar-refractivity contribution in [3.63, 3.8) is 0 Å². The SMILES string of the molecule is CC(C)C[n+]1c(O)c(C(=O)NC2CC2)c(=O)n2[nH]cc(/C=C/C(=O)N3CC[C@H](C(C)(C)O)C3)c21. The van der Waals surface area contributed by atoms with Crippen LogP contribution in [0.2, 0.25) is 0 Å². The first-order valence-corrected chi connectivity index (χ1v) is 11.9. The maximum Gasteiger partial charge on any atom is 0.378 e. The summed E-state index contributed by atoms with van der Waals surface area (Å²) in [5.41, 5.74) is -0.884. The predicted molar refractivity (Wildman–Crippen MR) is 125 cm³/mol. The highest BCUT2D eigenvalue weighted by atomic mass is 16.3. The van der Waals surface area contributed by atoms with Crippen LogP contribution in [-0.2, 0) is 11.3 Å². The summed E-state index contributed by atoms with van der Waals surface area (Å²) in [6.07, 6.45) is 7.07. The van der Waals surface area contributed by atoms with Crippen LogP contribution in [0.1, 0.15) is 62.9 Å². The van der Waals surface area contributed by atoms with Crippen LogP contribution in [0.5, 0.6) is 5.88 Å². The molecule has 1 aliphatic heterocycles. The van der Waals surface area contributed by atoms with Crippen LogP contribution in [0, 0.1) is 11.8 Å². The Labute approximate surface area is 197 Å². The number of amides is 2. The summed E-state index contributed by atoms with van der Waals surface area (Å²) in [5.74, 6) is -1.03. The average molecular weight is 473 g/mol. The summed E-state index contributed by atoms with van der Waals surface area (Å²) in [7, 11) is 0. The fraction of sp³-hybridized carbons (Fsp3) is 0.583. The quantitative estimate of drug-likeness (QED) is 0.350. The van der Waals surface area contributed by atoms with Crippen LogP contribution in [-0.4, -0.2) is 61.3 Å². The molecular formula is C24H34N5O5+. The molecule has 184 valence electrons. The second-order valence-electron chi connectivity index (χ2n) is 10.4. The van der Waals surface area contributed by atoms with Gasteiger partial charge in [0, 0.05) is 31.1 Å². The lowest BCUT2D eigenvalue weighted by Gasteiger charge is -2.25. The van der Waals surface area contributed by atoms with Crippen molar-refractivity contribution < 1.29 is 24.4 Å². The Hall–Kier alpha value is -3.14. The average Bonchev–Trinajstić information content (AvgIpc) is 3.25. The van der Waals surface area contributed by atoms with E-state index in [0.717, 1.165) is 19.3 Å². The van der Waals surface area contributed by atoms with Crippen molar-refractivity contribution in [3.8, 4) is 5.88 Å². The molecule has 4 rings (SSSR count). The minimum atomic E-state index is -0.847. The second-order valence-corrected chi connectivity index (χ2v) is 10.4. The normalized spacial score (nSPS) is 19.0. The van der Waals surface area contributed by atoms with E-state index in [-0.39, 0.29) is 35.2 Å². The number of nitrogens with zero attached hydrogens (tertiary/aromatic N) is 3. The number of hydrogen-bond donors (Lipinski definition) is 4. The Kier molecular flexibility index (Phi) is 6.28. The van der Waals surface area contributed by atoms with Gasteiger partial charge < -0.3 is 20.4 Å². The van der Waals surface area contributed by atoms with E-state index in [2.05, 4.69) is 10.4 Å². The minimum Gasteiger partial charge on any atom is -0.477 e. The Morgan fingerprint density at radius 2 is 2.03 bits per heavy atom. The van der Waals surface area contributed by atoms with E-state index in [9.17, 15) is 24.6 Å². The number of nitrogens with one attached hydrogen (secondary N) is 2. The zero-order chi connectivity index (χ0) is 24.8. The Bertz CT molecular complexity index is 1200. The lowest BCUT2D eigenvalue weighted by atomic mass is 9.90. The lowest BCUT2D eigenvalue weighted by Crippen LogP contribution is -2.46. The molecule has 0 aromatic carbocycles. The van der Waals surface area contributed by atoms with Gasteiger partial charge in [-0.1, -0.05) is 18.4 Å². The molecule has 1 saturated carbocycles. The third-order valence-corrected chi connectivity index (χ3v) is 6.56. The third-order valence-electron chi connectivity index (χ3n) is 6.56. The molecular weight excluding hydrogens is 438 g/mol. The maximum atomic E-state index is 13.1. The van der Waals surface area contributed by atoms with E-state index < -0.39 is 17.1 Å². The molecule has 2 fully saturated rings. The van der Waals surface area contributed by atoms with Gasteiger partial charge in [0.05, 0.1) is 23.9 Å². The summed E-state index contributed by atoms with van der Waals surface area (Å²) >= 11 is 0. The molecule has 10 heteroatoms. The van der Waals surface area contributed by atoms with Gasteiger partial charge in [-0.15, -0.1) is 0 Å². The molecule has 2 aliphatic rings. The van der Waals surface area contributed by atoms with E-state index in [0.29, 0.717) is 30.8 Å². The number of aromatic nitrogens is 3. The molecule has 2 aromatic heterocycles.